The molecular formula is C14H19NO3. The molecule has 1 rings (SSSR count). The van der Waals surface area contributed by atoms with E-state index in [4.69, 9.17) is 5.11 Å². The van der Waals surface area contributed by atoms with Crippen molar-refractivity contribution in [3.8, 4) is 0 Å². The number of benzene rings is 1. The van der Waals surface area contributed by atoms with Crippen LogP contribution in [0.15, 0.2) is 24.3 Å². The van der Waals surface area contributed by atoms with Crippen molar-refractivity contribution in [1.29, 1.82) is 0 Å². The number of hydrogen-bond donors (Lipinski definition) is 2. The van der Waals surface area contributed by atoms with Gasteiger partial charge in [0.25, 0.3) is 0 Å². The monoisotopic (exact) mass is 249 g/mol. The van der Waals surface area contributed by atoms with Crippen molar-refractivity contribution < 1.29 is 14.7 Å². The number of hydrogen-bond acceptors (Lipinski definition) is 2. The Balaban J connectivity index is 2.44. The van der Waals surface area contributed by atoms with Crippen LogP contribution in [0.25, 0.3) is 0 Å². The molecule has 0 spiro atoms. The fraction of sp³-hybridized carbons (Fsp3) is 0.429. The molecule has 0 radical (unpaired) electrons. The molecule has 0 unspecified atom stereocenters. The molecule has 0 atom stereocenters. The Labute approximate surface area is 107 Å². The van der Waals surface area contributed by atoms with Crippen LogP contribution in [0.2, 0.25) is 0 Å². The highest BCUT2D eigenvalue weighted by Gasteiger charge is 2.08. The van der Waals surface area contributed by atoms with Crippen molar-refractivity contribution in [2.24, 2.45) is 0 Å². The molecule has 18 heavy (non-hydrogen) atoms. The number of carboxylic acids is 1. The maximum Gasteiger partial charge on any atom is 0.335 e. The number of aromatic carboxylic acids is 1. The molecule has 98 valence electrons. The van der Waals surface area contributed by atoms with E-state index in [0.29, 0.717) is 24.9 Å². The second-order valence-electron chi connectivity index (χ2n) is 4.17. The molecule has 2 N–H and O–H groups in total. The van der Waals surface area contributed by atoms with Gasteiger partial charge in [-0.25, -0.2) is 4.79 Å². The minimum absolute atomic E-state index is 0.0321. The van der Waals surface area contributed by atoms with E-state index in [1.165, 1.54) is 0 Å². The Morgan fingerprint density at radius 2 is 2.00 bits per heavy atom. The van der Waals surface area contributed by atoms with Gasteiger partial charge in [0.05, 0.1) is 5.56 Å². The van der Waals surface area contributed by atoms with E-state index >= 15 is 0 Å². The third-order valence-electron chi connectivity index (χ3n) is 2.72. The van der Waals surface area contributed by atoms with Crippen LogP contribution in [0, 0.1) is 0 Å². The molecule has 0 heterocycles. The fourth-order valence-corrected chi connectivity index (χ4v) is 1.71. The Bertz CT molecular complexity index is 415. The van der Waals surface area contributed by atoms with Crippen LogP contribution < -0.4 is 5.32 Å². The zero-order valence-electron chi connectivity index (χ0n) is 10.6. The van der Waals surface area contributed by atoms with Crippen LogP contribution in [0.5, 0.6) is 0 Å². The first kappa shape index (κ1) is 14.2. The third kappa shape index (κ3) is 4.57. The SMILES string of the molecule is CCCCC(=O)NCCc1ccccc1C(=O)O. The van der Waals surface area contributed by atoms with Crippen LogP contribution in [0.4, 0.5) is 0 Å². The Morgan fingerprint density at radius 3 is 2.67 bits per heavy atom. The lowest BCUT2D eigenvalue weighted by Crippen LogP contribution is -2.25. The van der Waals surface area contributed by atoms with Gasteiger partial charge in [-0.15, -0.1) is 0 Å². The van der Waals surface area contributed by atoms with E-state index in [1.807, 2.05) is 6.92 Å². The van der Waals surface area contributed by atoms with Crippen LogP contribution in [-0.4, -0.2) is 23.5 Å². The number of unbranched alkanes of at least 4 members (excludes halogenated alkanes) is 1. The Hall–Kier alpha value is -1.84. The summed E-state index contributed by atoms with van der Waals surface area (Å²) in [6.45, 7) is 2.52. The zero-order valence-corrected chi connectivity index (χ0v) is 10.6. The minimum Gasteiger partial charge on any atom is -0.478 e. The normalized spacial score (nSPS) is 10.1. The lowest BCUT2D eigenvalue weighted by molar-refractivity contribution is -0.121. The molecule has 0 aliphatic heterocycles. The van der Waals surface area contributed by atoms with E-state index in [0.717, 1.165) is 18.4 Å². The van der Waals surface area contributed by atoms with Gasteiger partial charge in [0.2, 0.25) is 5.91 Å². The van der Waals surface area contributed by atoms with Gasteiger partial charge in [-0.3, -0.25) is 4.79 Å². The molecular weight excluding hydrogens is 230 g/mol. The molecule has 1 aromatic carbocycles. The molecule has 0 saturated heterocycles. The molecule has 0 fully saturated rings. The summed E-state index contributed by atoms with van der Waals surface area (Å²) >= 11 is 0. The fourth-order valence-electron chi connectivity index (χ4n) is 1.71. The van der Waals surface area contributed by atoms with E-state index in [9.17, 15) is 9.59 Å². The number of nitrogens with one attached hydrogen (secondary N) is 1. The van der Waals surface area contributed by atoms with E-state index in [2.05, 4.69) is 5.32 Å². The molecule has 0 aromatic heterocycles. The zero-order chi connectivity index (χ0) is 13.4. The van der Waals surface area contributed by atoms with Crippen molar-refractivity contribution in [2.45, 2.75) is 32.6 Å². The standard InChI is InChI=1S/C14H19NO3/c1-2-3-8-13(16)15-10-9-11-6-4-5-7-12(11)14(17)18/h4-7H,2-3,8-10H2,1H3,(H,15,16)(H,17,18). The van der Waals surface area contributed by atoms with Crippen molar-refractivity contribution in [2.75, 3.05) is 6.54 Å². The van der Waals surface area contributed by atoms with Crippen LogP contribution in [0.3, 0.4) is 0 Å². The summed E-state index contributed by atoms with van der Waals surface area (Å²) in [4.78, 5) is 22.4. The lowest BCUT2D eigenvalue weighted by atomic mass is 10.0. The smallest absolute Gasteiger partial charge is 0.335 e. The maximum atomic E-state index is 11.4. The predicted molar refractivity (Wildman–Crippen MR) is 69.6 cm³/mol. The Kier molecular flexibility index (Phi) is 5.91. The molecule has 4 heteroatoms. The van der Waals surface area contributed by atoms with Crippen molar-refractivity contribution in [3.63, 3.8) is 0 Å². The lowest BCUT2D eigenvalue weighted by Gasteiger charge is -2.07. The van der Waals surface area contributed by atoms with E-state index in [-0.39, 0.29) is 5.91 Å². The predicted octanol–water partition coefficient (Wildman–Crippen LogP) is 2.23. The summed E-state index contributed by atoms with van der Waals surface area (Å²) in [7, 11) is 0. The third-order valence-corrected chi connectivity index (χ3v) is 2.72. The highest BCUT2D eigenvalue weighted by Crippen LogP contribution is 2.09. The van der Waals surface area contributed by atoms with Crippen molar-refractivity contribution >= 4 is 11.9 Å². The number of amides is 1. The molecule has 4 nitrogen and oxygen atoms in total. The molecule has 1 aromatic rings. The number of carbonyl (C=O) groups is 2. The molecule has 0 bridgehead atoms. The number of rotatable bonds is 7. The van der Waals surface area contributed by atoms with Crippen LogP contribution in [0.1, 0.15) is 42.1 Å². The van der Waals surface area contributed by atoms with Crippen molar-refractivity contribution in [1.82, 2.24) is 5.32 Å². The second-order valence-corrected chi connectivity index (χ2v) is 4.17. The number of carboxylic acid groups (broad SMARTS) is 1. The summed E-state index contributed by atoms with van der Waals surface area (Å²) < 4.78 is 0. The van der Waals surface area contributed by atoms with E-state index in [1.54, 1.807) is 24.3 Å². The largest absolute Gasteiger partial charge is 0.478 e. The Morgan fingerprint density at radius 1 is 1.28 bits per heavy atom. The molecule has 0 aliphatic carbocycles. The molecule has 0 saturated carbocycles. The highest BCUT2D eigenvalue weighted by molar-refractivity contribution is 5.89. The quantitative estimate of drug-likeness (QED) is 0.778. The maximum absolute atomic E-state index is 11.4. The summed E-state index contributed by atoms with van der Waals surface area (Å²) in [5.74, 6) is -0.896. The highest BCUT2D eigenvalue weighted by atomic mass is 16.4. The molecule has 1 amide bonds. The van der Waals surface area contributed by atoms with Crippen molar-refractivity contribution in [3.05, 3.63) is 35.4 Å². The first-order chi connectivity index (χ1) is 8.65. The van der Waals surface area contributed by atoms with Gasteiger partial charge in [0.1, 0.15) is 0 Å². The summed E-state index contributed by atoms with van der Waals surface area (Å²) in [6.07, 6.45) is 2.96. The number of carbonyl (C=O) groups excluding carboxylic acids is 1. The van der Waals surface area contributed by atoms with Gasteiger partial charge in [-0.1, -0.05) is 31.5 Å². The average Bonchev–Trinajstić information content (AvgIpc) is 2.36. The minimum atomic E-state index is -0.928. The summed E-state index contributed by atoms with van der Waals surface area (Å²) in [5.41, 5.74) is 1.06. The topological polar surface area (TPSA) is 66.4 Å². The second kappa shape index (κ2) is 7.48. The van der Waals surface area contributed by atoms with Gasteiger partial charge in [0, 0.05) is 13.0 Å². The summed E-state index contributed by atoms with van der Waals surface area (Å²) in [6, 6.07) is 6.87. The first-order valence-corrected chi connectivity index (χ1v) is 6.23. The van der Waals surface area contributed by atoms with Gasteiger partial charge >= 0.3 is 5.97 Å². The average molecular weight is 249 g/mol. The van der Waals surface area contributed by atoms with Crippen LogP contribution >= 0.6 is 0 Å². The van der Waals surface area contributed by atoms with Crippen LogP contribution in [-0.2, 0) is 11.2 Å². The summed E-state index contributed by atoms with van der Waals surface area (Å²) in [5, 5.41) is 11.8. The van der Waals surface area contributed by atoms with Gasteiger partial charge in [-0.05, 0) is 24.5 Å². The molecule has 0 aliphatic rings. The van der Waals surface area contributed by atoms with Gasteiger partial charge < -0.3 is 10.4 Å². The van der Waals surface area contributed by atoms with Gasteiger partial charge in [0.15, 0.2) is 0 Å². The van der Waals surface area contributed by atoms with Gasteiger partial charge in [-0.2, -0.15) is 0 Å². The van der Waals surface area contributed by atoms with E-state index < -0.39 is 5.97 Å². The first-order valence-electron chi connectivity index (χ1n) is 6.23.